The monoisotopic (exact) mass is 424 g/mol. The Bertz CT molecular complexity index is 814. The number of aliphatic carboxylic acids is 2. The number of carboxylic acid groups (broad SMARTS) is 2. The SMILES string of the molecule is Cc1ccc(C(=O)O[C@@H](C(=O)[O-])[C@@H](OC(=O)c2ccc(C)cc2)C(=O)[O-])cc1.[Ca+2]. The van der Waals surface area contributed by atoms with Gasteiger partial charge in [-0.2, -0.15) is 0 Å². The van der Waals surface area contributed by atoms with E-state index in [0.29, 0.717) is 0 Å². The maximum atomic E-state index is 12.1. The molecule has 0 spiro atoms. The second-order valence-corrected chi connectivity index (χ2v) is 6.02. The third-order valence-electron chi connectivity index (χ3n) is 3.78. The first-order valence-electron chi connectivity index (χ1n) is 8.16. The van der Waals surface area contributed by atoms with Crippen LogP contribution in [-0.2, 0) is 19.1 Å². The van der Waals surface area contributed by atoms with Crippen LogP contribution in [0.1, 0.15) is 31.8 Å². The van der Waals surface area contributed by atoms with Crippen LogP contribution >= 0.6 is 0 Å². The molecule has 0 N–H and O–H groups in total. The molecule has 0 heterocycles. The maximum absolute atomic E-state index is 12.1. The molecule has 2 rings (SSSR count). The molecule has 8 nitrogen and oxygen atoms in total. The third-order valence-corrected chi connectivity index (χ3v) is 3.78. The first-order chi connectivity index (χ1) is 13.2. The molecular weight excluding hydrogens is 408 g/mol. The van der Waals surface area contributed by atoms with E-state index in [9.17, 15) is 29.4 Å². The Labute approximate surface area is 196 Å². The molecule has 0 fully saturated rings. The van der Waals surface area contributed by atoms with Crippen molar-refractivity contribution in [3.05, 3.63) is 70.8 Å². The first-order valence-corrected chi connectivity index (χ1v) is 8.16. The minimum atomic E-state index is -2.40. The van der Waals surface area contributed by atoms with Gasteiger partial charge in [0.2, 0.25) is 0 Å². The maximum Gasteiger partial charge on any atom is 2.00 e. The predicted octanol–water partition coefficient (Wildman–Crippen LogP) is -0.827. The van der Waals surface area contributed by atoms with Crippen molar-refractivity contribution in [3.63, 3.8) is 0 Å². The van der Waals surface area contributed by atoms with E-state index in [1.54, 1.807) is 38.1 Å². The molecule has 0 saturated heterocycles. The van der Waals surface area contributed by atoms with Gasteiger partial charge in [0.05, 0.1) is 23.1 Å². The van der Waals surface area contributed by atoms with Crippen molar-refractivity contribution >= 4 is 61.6 Å². The van der Waals surface area contributed by atoms with Gasteiger partial charge < -0.3 is 29.3 Å². The average molecular weight is 424 g/mol. The van der Waals surface area contributed by atoms with Gasteiger partial charge in [-0.15, -0.1) is 0 Å². The van der Waals surface area contributed by atoms with Crippen molar-refractivity contribution in [2.45, 2.75) is 26.1 Å². The second kappa shape index (κ2) is 10.9. The Morgan fingerprint density at radius 2 is 0.931 bits per heavy atom. The van der Waals surface area contributed by atoms with Crippen LogP contribution in [0.4, 0.5) is 0 Å². The molecule has 2 aromatic carbocycles. The normalized spacial score (nSPS) is 12.1. The van der Waals surface area contributed by atoms with Gasteiger partial charge in [-0.1, -0.05) is 35.4 Å². The Balaban J connectivity index is 0.00000420. The number of aryl methyl sites for hydroxylation is 2. The van der Waals surface area contributed by atoms with Gasteiger partial charge in [0.25, 0.3) is 0 Å². The molecule has 2 aromatic rings. The van der Waals surface area contributed by atoms with Gasteiger partial charge >= 0.3 is 49.7 Å². The van der Waals surface area contributed by atoms with E-state index in [1.807, 2.05) is 0 Å². The van der Waals surface area contributed by atoms with E-state index in [-0.39, 0.29) is 48.9 Å². The van der Waals surface area contributed by atoms with E-state index in [4.69, 9.17) is 9.47 Å². The molecule has 0 saturated carbocycles. The van der Waals surface area contributed by atoms with Gasteiger partial charge in [0, 0.05) is 0 Å². The van der Waals surface area contributed by atoms with Crippen molar-refractivity contribution in [1.82, 2.24) is 0 Å². The van der Waals surface area contributed by atoms with Crippen molar-refractivity contribution in [3.8, 4) is 0 Å². The molecule has 2 atom stereocenters. The summed E-state index contributed by atoms with van der Waals surface area (Å²) in [5, 5.41) is 22.7. The quantitative estimate of drug-likeness (QED) is 0.416. The van der Waals surface area contributed by atoms with E-state index in [1.165, 1.54) is 24.3 Å². The van der Waals surface area contributed by atoms with E-state index in [0.717, 1.165) is 11.1 Å². The summed E-state index contributed by atoms with van der Waals surface area (Å²) in [6.07, 6.45) is -4.79. The smallest absolute Gasteiger partial charge is 0.546 e. The number of carbonyl (C=O) groups is 4. The fourth-order valence-electron chi connectivity index (χ4n) is 2.21. The minimum Gasteiger partial charge on any atom is -0.546 e. The zero-order valence-electron chi connectivity index (χ0n) is 15.7. The summed E-state index contributed by atoms with van der Waals surface area (Å²) in [5.74, 6) is -6.34. The zero-order chi connectivity index (χ0) is 20.8. The molecule has 0 amide bonds. The predicted molar refractivity (Wildman–Crippen MR) is 96.5 cm³/mol. The fraction of sp³-hybridized carbons (Fsp3) is 0.200. The summed E-state index contributed by atoms with van der Waals surface area (Å²) in [5.41, 5.74) is 1.65. The molecule has 9 heteroatoms. The van der Waals surface area contributed by atoms with E-state index >= 15 is 0 Å². The van der Waals surface area contributed by atoms with Crippen LogP contribution in [0.5, 0.6) is 0 Å². The molecule has 0 unspecified atom stereocenters. The van der Waals surface area contributed by atoms with Crippen LogP contribution in [0.3, 0.4) is 0 Å². The number of hydrogen-bond acceptors (Lipinski definition) is 8. The fourth-order valence-corrected chi connectivity index (χ4v) is 2.21. The molecular formula is C20H16CaO8. The molecule has 0 radical (unpaired) electrons. The van der Waals surface area contributed by atoms with Crippen LogP contribution in [0.15, 0.2) is 48.5 Å². The number of esters is 2. The van der Waals surface area contributed by atoms with Crippen LogP contribution in [0, 0.1) is 13.8 Å². The number of carboxylic acids is 2. The minimum absolute atomic E-state index is 0. The summed E-state index contributed by atoms with van der Waals surface area (Å²) in [7, 11) is 0. The average Bonchev–Trinajstić information content (AvgIpc) is 2.64. The number of rotatable bonds is 7. The van der Waals surface area contributed by atoms with Crippen LogP contribution in [-0.4, -0.2) is 73.8 Å². The third kappa shape index (κ3) is 6.85. The second-order valence-electron chi connectivity index (χ2n) is 6.02. The van der Waals surface area contributed by atoms with Crippen molar-refractivity contribution in [1.29, 1.82) is 0 Å². The molecule has 0 aliphatic rings. The summed E-state index contributed by atoms with van der Waals surface area (Å²) in [4.78, 5) is 47.0. The van der Waals surface area contributed by atoms with Crippen molar-refractivity contribution < 1.29 is 38.9 Å². The largest absolute Gasteiger partial charge is 2.00 e. The molecule has 146 valence electrons. The summed E-state index contributed by atoms with van der Waals surface area (Å²) in [6.45, 7) is 3.55. The van der Waals surface area contributed by atoms with Crippen molar-refractivity contribution in [2.24, 2.45) is 0 Å². The summed E-state index contributed by atoms with van der Waals surface area (Å²) < 4.78 is 9.44. The zero-order valence-corrected chi connectivity index (χ0v) is 18.0. The van der Waals surface area contributed by atoms with Crippen LogP contribution in [0.25, 0.3) is 0 Å². The standard InChI is InChI=1S/C20H18O8.Ca/c1-11-3-7-13(8-4-11)19(25)27-15(17(21)22)16(18(23)24)28-20(26)14-9-5-12(2)6-10-14;/h3-10,15-16H,1-2H3,(H,21,22)(H,23,24);/q;+2/p-2/t15-,16-;/m1./s1. The van der Waals surface area contributed by atoms with Gasteiger partial charge in [-0.25, -0.2) is 9.59 Å². The topological polar surface area (TPSA) is 133 Å². The number of carbonyl (C=O) groups excluding carboxylic acids is 4. The van der Waals surface area contributed by atoms with Crippen LogP contribution in [0.2, 0.25) is 0 Å². The summed E-state index contributed by atoms with van der Waals surface area (Å²) in [6, 6.07) is 11.8. The van der Waals surface area contributed by atoms with Crippen LogP contribution < -0.4 is 10.2 Å². The summed E-state index contributed by atoms with van der Waals surface area (Å²) >= 11 is 0. The molecule has 29 heavy (non-hydrogen) atoms. The Morgan fingerprint density at radius 1 is 0.655 bits per heavy atom. The van der Waals surface area contributed by atoms with Gasteiger partial charge in [0.15, 0.2) is 12.2 Å². The number of hydrogen-bond donors (Lipinski definition) is 0. The van der Waals surface area contributed by atoms with E-state index in [2.05, 4.69) is 0 Å². The number of benzene rings is 2. The number of ether oxygens (including phenoxy) is 2. The van der Waals surface area contributed by atoms with Crippen molar-refractivity contribution in [2.75, 3.05) is 0 Å². The Morgan fingerprint density at radius 3 is 1.17 bits per heavy atom. The Hall–Kier alpha value is -2.42. The molecule has 0 aliphatic carbocycles. The Kier molecular flexibility index (Phi) is 9.29. The van der Waals surface area contributed by atoms with E-state index < -0.39 is 36.1 Å². The van der Waals surface area contributed by atoms with Gasteiger partial charge in [-0.3, -0.25) is 0 Å². The molecule has 0 bridgehead atoms. The molecule has 0 aromatic heterocycles. The first kappa shape index (κ1) is 24.6. The van der Waals surface area contributed by atoms with Gasteiger partial charge in [0.1, 0.15) is 0 Å². The molecule has 0 aliphatic heterocycles. The van der Waals surface area contributed by atoms with Gasteiger partial charge in [-0.05, 0) is 38.1 Å².